The molecule has 0 fully saturated rings. The van der Waals surface area contributed by atoms with Crippen molar-refractivity contribution < 1.29 is 14.5 Å². The van der Waals surface area contributed by atoms with Gasteiger partial charge in [0, 0.05) is 6.54 Å². The minimum Gasteiger partial charge on any atom is -0.443 e. The van der Waals surface area contributed by atoms with Crippen LogP contribution in [0.5, 0.6) is 0 Å². The molecule has 1 N–H and O–H groups in total. The van der Waals surface area contributed by atoms with E-state index in [0.29, 0.717) is 0 Å². The Morgan fingerprint density at radius 1 is 1.42 bits per heavy atom. The number of carbonyl (C=O) groups is 1. The van der Waals surface area contributed by atoms with E-state index >= 15 is 0 Å². The van der Waals surface area contributed by atoms with Gasteiger partial charge in [-0.05, 0) is 45.2 Å². The molecule has 0 saturated carbocycles. The molecule has 0 radical (unpaired) electrons. The van der Waals surface area contributed by atoms with Gasteiger partial charge in [0.1, 0.15) is 11.3 Å². The number of hydrazine groups is 1. The van der Waals surface area contributed by atoms with Gasteiger partial charge < -0.3 is 4.74 Å². The second-order valence-electron chi connectivity index (χ2n) is 6.63. The zero-order valence-electron chi connectivity index (χ0n) is 14.6. The lowest BCUT2D eigenvalue weighted by atomic mass is 10.2. The number of rotatable bonds is 5. The third-order valence-electron chi connectivity index (χ3n) is 2.62. The summed E-state index contributed by atoms with van der Waals surface area (Å²) in [6.07, 6.45) is -0.746. The van der Waals surface area contributed by atoms with Gasteiger partial charge in [0.2, 0.25) is 11.1 Å². The van der Waals surface area contributed by atoms with E-state index in [1.165, 1.54) is 11.9 Å². The molecular formula is C14H22ClN5O4. The van der Waals surface area contributed by atoms with Crippen LogP contribution in [-0.2, 0) is 4.74 Å². The van der Waals surface area contributed by atoms with Gasteiger partial charge in [-0.3, -0.25) is 15.1 Å². The minimum atomic E-state index is -0.746. The van der Waals surface area contributed by atoms with Crippen molar-refractivity contribution in [3.63, 3.8) is 0 Å². The van der Waals surface area contributed by atoms with Crippen molar-refractivity contribution in [1.82, 2.24) is 15.4 Å². The predicted molar refractivity (Wildman–Crippen MR) is 90.0 cm³/mol. The Kier molecular flexibility index (Phi) is 6.30. The Balaban J connectivity index is 3.26. The third-order valence-corrected chi connectivity index (χ3v) is 2.79. The molecule has 1 amide bonds. The second kappa shape index (κ2) is 7.61. The van der Waals surface area contributed by atoms with Crippen LogP contribution in [0.2, 0.25) is 5.28 Å². The van der Waals surface area contributed by atoms with E-state index in [4.69, 9.17) is 16.3 Å². The molecular weight excluding hydrogens is 338 g/mol. The number of hydrogen-bond acceptors (Lipinski definition) is 7. The molecule has 0 aromatic carbocycles. The molecule has 134 valence electrons. The van der Waals surface area contributed by atoms with Crippen molar-refractivity contribution in [2.24, 2.45) is 5.92 Å². The quantitative estimate of drug-likeness (QED) is 0.488. The summed E-state index contributed by atoms with van der Waals surface area (Å²) in [6.45, 7) is 10.7. The summed E-state index contributed by atoms with van der Waals surface area (Å²) in [5.74, 6) is -0.00866. The molecule has 1 rings (SSSR count). The van der Waals surface area contributed by atoms with Crippen LogP contribution in [-0.4, -0.2) is 33.1 Å². The molecule has 1 aromatic rings. The van der Waals surface area contributed by atoms with Crippen LogP contribution in [0.1, 0.15) is 40.3 Å². The average molecular weight is 360 g/mol. The maximum atomic E-state index is 12.1. The number of nitrogens with one attached hydrogen (secondary N) is 1. The summed E-state index contributed by atoms with van der Waals surface area (Å²) in [7, 11) is 0. The fourth-order valence-corrected chi connectivity index (χ4v) is 2.09. The van der Waals surface area contributed by atoms with Crippen LogP contribution in [0, 0.1) is 23.0 Å². The topological polar surface area (TPSA) is 110 Å². The number of hydrogen-bond donors (Lipinski definition) is 1. The van der Waals surface area contributed by atoms with Crippen molar-refractivity contribution in [3.05, 3.63) is 21.1 Å². The lowest BCUT2D eigenvalue weighted by Crippen LogP contribution is -2.47. The van der Waals surface area contributed by atoms with Gasteiger partial charge in [0.15, 0.2) is 0 Å². The zero-order valence-corrected chi connectivity index (χ0v) is 15.3. The summed E-state index contributed by atoms with van der Waals surface area (Å²) in [6, 6.07) is 0. The maximum Gasteiger partial charge on any atom is 0.426 e. The van der Waals surface area contributed by atoms with Crippen LogP contribution in [0.25, 0.3) is 0 Å². The summed E-state index contributed by atoms with van der Waals surface area (Å²) >= 11 is 5.83. The third kappa shape index (κ3) is 5.80. The van der Waals surface area contributed by atoms with E-state index in [1.807, 2.05) is 13.8 Å². The molecule has 0 aliphatic carbocycles. The highest BCUT2D eigenvalue weighted by Crippen LogP contribution is 2.29. The molecule has 0 atom stereocenters. The van der Waals surface area contributed by atoms with Gasteiger partial charge in [-0.2, -0.15) is 4.98 Å². The molecule has 0 saturated heterocycles. The van der Waals surface area contributed by atoms with E-state index in [-0.39, 0.29) is 34.9 Å². The van der Waals surface area contributed by atoms with E-state index in [9.17, 15) is 14.9 Å². The van der Waals surface area contributed by atoms with E-state index in [0.717, 1.165) is 0 Å². The van der Waals surface area contributed by atoms with Crippen molar-refractivity contribution in [3.8, 4) is 0 Å². The van der Waals surface area contributed by atoms with Crippen LogP contribution < -0.4 is 10.4 Å². The first kappa shape index (κ1) is 19.9. The highest BCUT2D eigenvalue weighted by Gasteiger charge is 2.29. The monoisotopic (exact) mass is 359 g/mol. The van der Waals surface area contributed by atoms with Crippen molar-refractivity contribution >= 4 is 29.2 Å². The van der Waals surface area contributed by atoms with E-state index in [2.05, 4.69) is 15.4 Å². The van der Waals surface area contributed by atoms with Crippen LogP contribution in [0.3, 0.4) is 0 Å². The number of aromatic nitrogens is 2. The normalized spacial score (nSPS) is 11.3. The van der Waals surface area contributed by atoms with Crippen molar-refractivity contribution in [2.75, 3.05) is 11.6 Å². The number of halogens is 1. The van der Waals surface area contributed by atoms with Gasteiger partial charge in [0.05, 0.1) is 4.92 Å². The number of ether oxygens (including phenoxy) is 1. The lowest BCUT2D eigenvalue weighted by Gasteiger charge is -2.28. The Morgan fingerprint density at radius 2 is 2.00 bits per heavy atom. The smallest absolute Gasteiger partial charge is 0.426 e. The summed E-state index contributed by atoms with van der Waals surface area (Å²) in [5, 5.41) is 12.5. The maximum absolute atomic E-state index is 12.1. The van der Waals surface area contributed by atoms with Gasteiger partial charge in [-0.1, -0.05) is 13.8 Å². The molecule has 0 aliphatic rings. The molecule has 9 nitrogen and oxygen atoms in total. The lowest BCUT2D eigenvalue weighted by molar-refractivity contribution is -0.385. The van der Waals surface area contributed by atoms with E-state index < -0.39 is 16.6 Å². The van der Waals surface area contributed by atoms with Gasteiger partial charge in [-0.25, -0.2) is 15.2 Å². The molecule has 10 heteroatoms. The van der Waals surface area contributed by atoms with Gasteiger partial charge in [-0.15, -0.1) is 0 Å². The molecule has 24 heavy (non-hydrogen) atoms. The Morgan fingerprint density at radius 3 is 2.46 bits per heavy atom. The van der Waals surface area contributed by atoms with Gasteiger partial charge in [0.25, 0.3) is 0 Å². The molecule has 0 bridgehead atoms. The first-order chi connectivity index (χ1) is 10.9. The molecule has 0 spiro atoms. The SMILES string of the molecule is Cc1nc(Cl)nc(N(CC(C)C)NC(=O)OC(C)(C)C)c1[N+](=O)[O-]. The number of anilines is 1. The largest absolute Gasteiger partial charge is 0.443 e. The fraction of sp³-hybridized carbons (Fsp3) is 0.643. The Bertz CT molecular complexity index is 630. The zero-order chi connectivity index (χ0) is 18.7. The molecule has 1 aromatic heterocycles. The van der Waals surface area contributed by atoms with Crippen LogP contribution >= 0.6 is 11.6 Å². The number of nitro groups is 1. The second-order valence-corrected chi connectivity index (χ2v) is 6.96. The number of carbonyl (C=O) groups excluding carboxylic acids is 1. The number of amides is 1. The predicted octanol–water partition coefficient (Wildman–Crippen LogP) is 3.25. The molecule has 0 unspecified atom stereocenters. The summed E-state index contributed by atoms with van der Waals surface area (Å²) < 4.78 is 5.19. The highest BCUT2D eigenvalue weighted by atomic mass is 35.5. The van der Waals surface area contributed by atoms with Crippen molar-refractivity contribution in [1.29, 1.82) is 0 Å². The fourth-order valence-electron chi connectivity index (χ4n) is 1.88. The summed E-state index contributed by atoms with van der Waals surface area (Å²) in [4.78, 5) is 30.5. The standard InChI is InChI=1S/C14H22ClN5O4/c1-8(2)7-19(18-13(21)24-14(4,5)6)11-10(20(22)23)9(3)16-12(15)17-11/h8H,7H2,1-6H3,(H,18,21). The number of aryl methyl sites for hydroxylation is 1. The molecule has 0 aliphatic heterocycles. The highest BCUT2D eigenvalue weighted by molar-refractivity contribution is 6.28. The van der Waals surface area contributed by atoms with Crippen LogP contribution in [0.15, 0.2) is 0 Å². The summed E-state index contributed by atoms with van der Waals surface area (Å²) in [5.41, 5.74) is 1.56. The first-order valence-corrected chi connectivity index (χ1v) is 7.74. The molecule has 1 heterocycles. The van der Waals surface area contributed by atoms with E-state index in [1.54, 1.807) is 20.8 Å². The Hall–Kier alpha value is -2.16. The average Bonchev–Trinajstić information content (AvgIpc) is 2.33. The van der Waals surface area contributed by atoms with Crippen LogP contribution in [0.4, 0.5) is 16.3 Å². The van der Waals surface area contributed by atoms with Gasteiger partial charge >= 0.3 is 11.8 Å². The Labute approximate surface area is 145 Å². The minimum absolute atomic E-state index is 0.0774. The first-order valence-electron chi connectivity index (χ1n) is 7.36. The number of nitrogens with zero attached hydrogens (tertiary/aromatic N) is 4. The van der Waals surface area contributed by atoms with Crippen molar-refractivity contribution in [2.45, 2.75) is 47.1 Å².